The summed E-state index contributed by atoms with van der Waals surface area (Å²) in [7, 11) is 0. The third-order valence-electron chi connectivity index (χ3n) is 7.28. The number of morpholine rings is 1. The lowest BCUT2D eigenvalue weighted by Gasteiger charge is -2.34. The molecule has 2 aliphatic rings. The number of Topliss-reactive ketones (excluding diaryl/α,β-unsaturated/α-hetero) is 1. The Morgan fingerprint density at radius 3 is 2.49 bits per heavy atom. The molecule has 8 heteroatoms. The second kappa shape index (κ2) is 11.3. The van der Waals surface area contributed by atoms with E-state index in [0.29, 0.717) is 44.7 Å². The molecule has 1 saturated heterocycles. The van der Waals surface area contributed by atoms with E-state index in [1.54, 1.807) is 6.20 Å². The van der Waals surface area contributed by atoms with Gasteiger partial charge in [-0.25, -0.2) is 0 Å². The molecule has 0 aliphatic carbocycles. The Morgan fingerprint density at radius 1 is 1.11 bits per heavy atom. The molecule has 5 rings (SSSR count). The topological polar surface area (TPSA) is 78.5 Å². The maximum absolute atomic E-state index is 13.5. The number of alkyl halides is 1. The van der Waals surface area contributed by atoms with Gasteiger partial charge in [0.2, 0.25) is 5.91 Å². The number of amides is 1. The van der Waals surface area contributed by atoms with Gasteiger partial charge >= 0.3 is 0 Å². The van der Waals surface area contributed by atoms with Crippen LogP contribution in [0, 0.1) is 0 Å². The summed E-state index contributed by atoms with van der Waals surface area (Å²) < 4.78 is 6.38. The third kappa shape index (κ3) is 5.60. The van der Waals surface area contributed by atoms with Crippen LogP contribution in [0.5, 0.6) is 0 Å². The zero-order valence-corrected chi connectivity index (χ0v) is 23.5. The summed E-state index contributed by atoms with van der Waals surface area (Å²) in [5.41, 5.74) is 7.02. The fraction of sp³-hybridized carbons (Fsp3) is 0.414. The molecule has 1 atom stereocenters. The van der Waals surface area contributed by atoms with Gasteiger partial charge in [-0.05, 0) is 55.2 Å². The fourth-order valence-corrected chi connectivity index (χ4v) is 6.00. The van der Waals surface area contributed by atoms with Gasteiger partial charge in [0, 0.05) is 65.5 Å². The minimum Gasteiger partial charge on any atom is -0.378 e. The number of anilines is 1. The number of aromatic nitrogens is 2. The van der Waals surface area contributed by atoms with Crippen LogP contribution in [0.25, 0.3) is 11.3 Å². The summed E-state index contributed by atoms with van der Waals surface area (Å²) in [5, 5.41) is 7.28. The Morgan fingerprint density at radius 2 is 1.84 bits per heavy atom. The van der Waals surface area contributed by atoms with Crippen LogP contribution in [-0.2, 0) is 26.8 Å². The Hall–Kier alpha value is -2.72. The number of fused-ring (bicyclic) bond motifs is 1. The first-order valence-electron chi connectivity index (χ1n) is 12.9. The van der Waals surface area contributed by atoms with Crippen molar-refractivity contribution in [1.82, 2.24) is 15.1 Å². The first-order chi connectivity index (χ1) is 17.9. The van der Waals surface area contributed by atoms with Gasteiger partial charge < -0.3 is 14.5 Å². The highest BCUT2D eigenvalue weighted by atomic mass is 127. The summed E-state index contributed by atoms with van der Waals surface area (Å²) in [6.07, 6.45) is 3.27. The second-order valence-electron chi connectivity index (χ2n) is 10.1. The highest BCUT2D eigenvalue weighted by Gasteiger charge is 2.36. The van der Waals surface area contributed by atoms with Gasteiger partial charge in [0.1, 0.15) is 0 Å². The normalized spacial score (nSPS) is 17.4. The SMILES string of the molecule is CC(C)N1c2c(cc(C(=O)Cc3ccc(CI)cc3)cc2-c2ccn[nH]2)CC1CC(=O)N1CCOCC1. The number of rotatable bonds is 8. The van der Waals surface area contributed by atoms with Crippen molar-refractivity contribution in [2.24, 2.45) is 0 Å². The molecule has 3 heterocycles. The van der Waals surface area contributed by atoms with Gasteiger partial charge in [0.15, 0.2) is 5.78 Å². The molecule has 1 fully saturated rings. The van der Waals surface area contributed by atoms with Crippen molar-refractivity contribution in [1.29, 1.82) is 0 Å². The summed E-state index contributed by atoms with van der Waals surface area (Å²) in [6, 6.07) is 14.5. The Kier molecular flexibility index (Phi) is 7.95. The Labute approximate surface area is 231 Å². The van der Waals surface area contributed by atoms with Crippen molar-refractivity contribution in [3.05, 3.63) is 70.9 Å². The number of benzene rings is 2. The standard InChI is InChI=1S/C29H33IN4O3/c1-19(2)34-24(17-28(36)33-9-11-37-12-10-33)15-23-14-22(16-25(29(23)34)26-7-8-31-32-26)27(35)13-20-3-5-21(18-30)6-4-20/h3-8,14,16,19,24H,9-13,15,17-18H2,1-2H3,(H,31,32). The Balaban J connectivity index is 1.47. The molecule has 1 unspecified atom stereocenters. The first-order valence-corrected chi connectivity index (χ1v) is 14.4. The highest BCUT2D eigenvalue weighted by Crippen LogP contribution is 2.43. The number of hydrogen-bond acceptors (Lipinski definition) is 5. The number of ketones is 1. The van der Waals surface area contributed by atoms with E-state index in [1.807, 2.05) is 35.2 Å². The van der Waals surface area contributed by atoms with Crippen LogP contribution in [-0.4, -0.2) is 65.2 Å². The lowest BCUT2D eigenvalue weighted by atomic mass is 9.95. The molecule has 2 aromatic carbocycles. The quantitative estimate of drug-likeness (QED) is 0.224. The molecule has 194 valence electrons. The van der Waals surface area contributed by atoms with E-state index < -0.39 is 0 Å². The molecule has 0 saturated carbocycles. The van der Waals surface area contributed by atoms with E-state index in [-0.39, 0.29) is 23.8 Å². The fourth-order valence-electron chi connectivity index (χ4n) is 5.49. The molecule has 0 spiro atoms. The van der Waals surface area contributed by atoms with Crippen LogP contribution in [0.3, 0.4) is 0 Å². The number of halogens is 1. The monoisotopic (exact) mass is 612 g/mol. The van der Waals surface area contributed by atoms with Crippen molar-refractivity contribution >= 4 is 40.0 Å². The van der Waals surface area contributed by atoms with Crippen molar-refractivity contribution in [2.75, 3.05) is 31.2 Å². The van der Waals surface area contributed by atoms with Gasteiger partial charge in [-0.1, -0.05) is 46.9 Å². The van der Waals surface area contributed by atoms with E-state index in [4.69, 9.17) is 4.74 Å². The smallest absolute Gasteiger partial charge is 0.224 e. The predicted octanol–water partition coefficient (Wildman–Crippen LogP) is 4.83. The molecule has 1 aromatic heterocycles. The lowest BCUT2D eigenvalue weighted by molar-refractivity contribution is -0.135. The van der Waals surface area contributed by atoms with Gasteiger partial charge in [0.05, 0.1) is 18.9 Å². The molecule has 7 nitrogen and oxygen atoms in total. The molecular weight excluding hydrogens is 579 g/mol. The third-order valence-corrected chi connectivity index (χ3v) is 8.16. The van der Waals surface area contributed by atoms with Crippen LogP contribution >= 0.6 is 22.6 Å². The van der Waals surface area contributed by atoms with Gasteiger partial charge in [0.25, 0.3) is 0 Å². The average molecular weight is 613 g/mol. The number of H-pyrrole nitrogens is 1. The number of carbonyl (C=O) groups excluding carboxylic acids is 2. The van der Waals surface area contributed by atoms with Crippen molar-refractivity contribution in [3.8, 4) is 11.3 Å². The minimum absolute atomic E-state index is 0.0400. The van der Waals surface area contributed by atoms with Crippen LogP contribution in [0.4, 0.5) is 5.69 Å². The maximum Gasteiger partial charge on any atom is 0.224 e. The van der Waals surface area contributed by atoms with E-state index >= 15 is 0 Å². The van der Waals surface area contributed by atoms with Crippen LogP contribution in [0.1, 0.15) is 47.3 Å². The van der Waals surface area contributed by atoms with Crippen LogP contribution in [0.2, 0.25) is 0 Å². The van der Waals surface area contributed by atoms with Gasteiger partial charge in [-0.15, -0.1) is 0 Å². The molecule has 37 heavy (non-hydrogen) atoms. The lowest BCUT2D eigenvalue weighted by Crippen LogP contribution is -2.45. The first kappa shape index (κ1) is 25.9. The molecular formula is C29H33IN4O3. The van der Waals surface area contributed by atoms with E-state index in [9.17, 15) is 9.59 Å². The van der Waals surface area contributed by atoms with Crippen molar-refractivity contribution in [2.45, 2.75) is 49.6 Å². The number of aromatic amines is 1. The highest BCUT2D eigenvalue weighted by molar-refractivity contribution is 14.1. The molecule has 1 amide bonds. The van der Waals surface area contributed by atoms with E-state index in [0.717, 1.165) is 38.9 Å². The molecule has 1 N–H and O–H groups in total. The van der Waals surface area contributed by atoms with Crippen molar-refractivity contribution < 1.29 is 14.3 Å². The van der Waals surface area contributed by atoms with Gasteiger partial charge in [-0.2, -0.15) is 5.10 Å². The maximum atomic E-state index is 13.5. The van der Waals surface area contributed by atoms with Crippen LogP contribution in [0.15, 0.2) is 48.7 Å². The summed E-state index contributed by atoms with van der Waals surface area (Å²) in [4.78, 5) is 30.9. The summed E-state index contributed by atoms with van der Waals surface area (Å²) >= 11 is 2.34. The number of hydrogen-bond donors (Lipinski definition) is 1. The zero-order chi connectivity index (χ0) is 25.9. The Bertz CT molecular complexity index is 1250. The minimum atomic E-state index is 0.0400. The average Bonchev–Trinajstić information content (AvgIpc) is 3.57. The number of ether oxygens (including phenoxy) is 1. The zero-order valence-electron chi connectivity index (χ0n) is 21.4. The van der Waals surface area contributed by atoms with Gasteiger partial charge in [-0.3, -0.25) is 14.7 Å². The number of carbonyl (C=O) groups is 2. The predicted molar refractivity (Wildman–Crippen MR) is 153 cm³/mol. The van der Waals surface area contributed by atoms with Crippen LogP contribution < -0.4 is 4.90 Å². The summed E-state index contributed by atoms with van der Waals surface area (Å²) in [5.74, 6) is 0.260. The summed E-state index contributed by atoms with van der Waals surface area (Å²) in [6.45, 7) is 6.82. The van der Waals surface area contributed by atoms with Crippen molar-refractivity contribution in [3.63, 3.8) is 0 Å². The number of nitrogens with one attached hydrogen (secondary N) is 1. The van der Waals surface area contributed by atoms with E-state index in [2.05, 4.69) is 63.7 Å². The largest absolute Gasteiger partial charge is 0.378 e. The number of nitrogens with zero attached hydrogens (tertiary/aromatic N) is 3. The molecule has 0 radical (unpaired) electrons. The second-order valence-corrected chi connectivity index (χ2v) is 10.9. The molecule has 2 aliphatic heterocycles. The molecule has 3 aromatic rings. The van der Waals surface area contributed by atoms with E-state index in [1.165, 1.54) is 5.56 Å². The molecule has 0 bridgehead atoms.